The van der Waals surface area contributed by atoms with E-state index in [1.54, 1.807) is 7.11 Å². The van der Waals surface area contributed by atoms with Crippen molar-refractivity contribution in [1.82, 2.24) is 18.2 Å². The summed E-state index contributed by atoms with van der Waals surface area (Å²) in [4.78, 5) is 11.1. The number of pyridine rings is 1. The van der Waals surface area contributed by atoms with E-state index in [1.165, 1.54) is 34.8 Å². The van der Waals surface area contributed by atoms with Crippen LogP contribution in [-0.2, 0) is 16.8 Å². The lowest BCUT2D eigenvalue weighted by atomic mass is 10.0. The smallest absolute Gasteiger partial charge is 0.308 e. The predicted octanol–water partition coefficient (Wildman–Crippen LogP) is 5.41. The first-order valence-electron chi connectivity index (χ1n) is 12.1. The normalized spacial score (nSPS) is 11.7. The van der Waals surface area contributed by atoms with Crippen LogP contribution in [0.2, 0.25) is 0 Å². The average Bonchev–Trinajstić information content (AvgIpc) is 3.40. The van der Waals surface area contributed by atoms with Crippen LogP contribution in [-0.4, -0.2) is 47.9 Å². The number of hydrogen-bond donors (Lipinski definition) is 0. The number of aryl methyl sites for hydroxylation is 1. The highest BCUT2D eigenvalue weighted by Gasteiger charge is 2.23. The van der Waals surface area contributed by atoms with Gasteiger partial charge in [-0.25, -0.2) is 8.96 Å². The number of nitrogens with zero attached hydrogens (tertiary/aromatic N) is 5. The molecule has 0 aliphatic heterocycles. The van der Waals surface area contributed by atoms with Crippen LogP contribution in [0.15, 0.2) is 91.4 Å². The zero-order chi connectivity index (χ0) is 26.9. The van der Waals surface area contributed by atoms with Crippen molar-refractivity contribution in [1.29, 1.82) is 0 Å². The Morgan fingerprint density at radius 1 is 0.895 bits per heavy atom. The van der Waals surface area contributed by atoms with Gasteiger partial charge >= 0.3 is 10.2 Å². The average molecular weight is 528 g/mol. The van der Waals surface area contributed by atoms with Crippen molar-refractivity contribution >= 4 is 32.5 Å². The van der Waals surface area contributed by atoms with E-state index < -0.39 is 10.2 Å². The third-order valence-electron chi connectivity index (χ3n) is 6.36. The number of methoxy groups -OCH3 is 1. The number of fused-ring (bicyclic) bond motifs is 1. The molecule has 0 spiro atoms. The van der Waals surface area contributed by atoms with Gasteiger partial charge in [0.2, 0.25) is 0 Å². The van der Waals surface area contributed by atoms with Crippen LogP contribution in [0, 0.1) is 6.92 Å². The highest BCUT2D eigenvalue weighted by atomic mass is 32.2. The van der Waals surface area contributed by atoms with E-state index in [-0.39, 0.29) is 6.54 Å². The van der Waals surface area contributed by atoms with Gasteiger partial charge in [0.05, 0.1) is 19.2 Å². The van der Waals surface area contributed by atoms with Crippen molar-refractivity contribution in [2.75, 3.05) is 26.1 Å². The molecule has 0 fully saturated rings. The van der Waals surface area contributed by atoms with Crippen LogP contribution >= 0.6 is 0 Å². The summed E-state index contributed by atoms with van der Waals surface area (Å²) in [5, 5.41) is 0.970. The second kappa shape index (κ2) is 10.3. The van der Waals surface area contributed by atoms with Crippen molar-refractivity contribution in [3.63, 3.8) is 0 Å². The third-order valence-corrected chi connectivity index (χ3v) is 8.11. The van der Waals surface area contributed by atoms with Crippen molar-refractivity contribution in [2.24, 2.45) is 0 Å². The quantitative estimate of drug-likeness (QED) is 0.269. The molecule has 0 N–H and O–H groups in total. The Kier molecular flexibility index (Phi) is 6.88. The number of aromatic nitrogens is 3. The molecular weight excluding hydrogens is 498 g/mol. The van der Waals surface area contributed by atoms with Crippen LogP contribution in [0.5, 0.6) is 5.75 Å². The molecule has 194 valence electrons. The molecule has 0 aliphatic carbocycles. The summed E-state index contributed by atoms with van der Waals surface area (Å²) in [5.74, 6) is 1.10. The predicted molar refractivity (Wildman–Crippen MR) is 151 cm³/mol. The Labute approximate surface area is 222 Å². The molecule has 5 rings (SSSR count). The molecule has 3 aromatic carbocycles. The van der Waals surface area contributed by atoms with Gasteiger partial charge in [-0.3, -0.25) is 4.98 Å². The van der Waals surface area contributed by atoms with E-state index in [1.807, 2.05) is 66.6 Å². The molecule has 0 bridgehead atoms. The van der Waals surface area contributed by atoms with E-state index >= 15 is 0 Å². The molecule has 0 amide bonds. The molecule has 0 saturated carbocycles. The molecule has 0 aliphatic rings. The Balaban J connectivity index is 1.64. The third kappa shape index (κ3) is 4.98. The fraction of sp³-hybridized carbons (Fsp3) is 0.172. The molecule has 38 heavy (non-hydrogen) atoms. The number of imidazole rings is 1. The number of ether oxygens (including phenoxy) is 1. The molecular formula is C29H29N5O3S. The largest absolute Gasteiger partial charge is 0.497 e. The molecule has 0 atom stereocenters. The summed E-state index contributed by atoms with van der Waals surface area (Å²) < 4.78 is 33.9. The second-order valence-electron chi connectivity index (χ2n) is 9.19. The lowest BCUT2D eigenvalue weighted by Crippen LogP contribution is -2.31. The van der Waals surface area contributed by atoms with E-state index in [9.17, 15) is 8.42 Å². The van der Waals surface area contributed by atoms with Gasteiger partial charge in [0.15, 0.2) is 0 Å². The minimum absolute atomic E-state index is 0.212. The van der Waals surface area contributed by atoms with E-state index in [2.05, 4.69) is 34.2 Å². The number of anilines is 2. The van der Waals surface area contributed by atoms with Crippen LogP contribution in [0.4, 0.5) is 11.4 Å². The van der Waals surface area contributed by atoms with Crippen LogP contribution in [0.1, 0.15) is 11.4 Å². The van der Waals surface area contributed by atoms with E-state index in [0.717, 1.165) is 39.0 Å². The van der Waals surface area contributed by atoms with Gasteiger partial charge in [0, 0.05) is 61.1 Å². The maximum Gasteiger partial charge on any atom is 0.308 e. The maximum atomic E-state index is 13.0. The van der Waals surface area contributed by atoms with Gasteiger partial charge in [-0.2, -0.15) is 12.7 Å². The van der Waals surface area contributed by atoms with Gasteiger partial charge in [0.1, 0.15) is 11.6 Å². The number of hydrogen-bond acceptors (Lipinski definition) is 6. The Hall–Kier alpha value is -4.21. The second-order valence-corrected chi connectivity index (χ2v) is 11.2. The fourth-order valence-electron chi connectivity index (χ4n) is 4.37. The van der Waals surface area contributed by atoms with Gasteiger partial charge in [-0.05, 0) is 54.4 Å². The van der Waals surface area contributed by atoms with Crippen molar-refractivity contribution in [3.8, 4) is 16.9 Å². The molecule has 9 heteroatoms. The number of rotatable bonds is 8. The minimum Gasteiger partial charge on any atom is -0.497 e. The Morgan fingerprint density at radius 3 is 2.42 bits per heavy atom. The van der Waals surface area contributed by atoms with Crippen LogP contribution in [0.25, 0.3) is 22.0 Å². The molecule has 0 radical (unpaired) electrons. The molecule has 8 nitrogen and oxygen atoms in total. The van der Waals surface area contributed by atoms with Crippen molar-refractivity contribution < 1.29 is 13.2 Å². The minimum atomic E-state index is -3.74. The highest BCUT2D eigenvalue weighted by molar-refractivity contribution is 7.87. The molecule has 0 unspecified atom stereocenters. The summed E-state index contributed by atoms with van der Waals surface area (Å²) >= 11 is 0. The lowest BCUT2D eigenvalue weighted by molar-refractivity contribution is 0.414. The first-order valence-corrected chi connectivity index (χ1v) is 13.5. The van der Waals surface area contributed by atoms with Crippen LogP contribution < -0.4 is 9.64 Å². The van der Waals surface area contributed by atoms with Crippen molar-refractivity contribution in [3.05, 3.63) is 103 Å². The zero-order valence-corrected chi connectivity index (χ0v) is 22.6. The van der Waals surface area contributed by atoms with Gasteiger partial charge in [0.25, 0.3) is 0 Å². The first kappa shape index (κ1) is 25.4. The van der Waals surface area contributed by atoms with Gasteiger partial charge in [-0.1, -0.05) is 30.3 Å². The monoisotopic (exact) mass is 527 g/mol. The zero-order valence-electron chi connectivity index (χ0n) is 21.7. The van der Waals surface area contributed by atoms with Gasteiger partial charge < -0.3 is 9.64 Å². The lowest BCUT2D eigenvalue weighted by Gasteiger charge is -2.26. The van der Waals surface area contributed by atoms with E-state index in [4.69, 9.17) is 4.74 Å². The Bertz CT molecular complexity index is 1700. The SMILES string of the molecule is COc1cc(C)cc(N(Cc2nccn2S(=O)(=O)N(C)C)c2ccc3ncc(-c4ccccc4)cc3c2)c1. The summed E-state index contributed by atoms with van der Waals surface area (Å²) in [6.45, 7) is 2.21. The fourth-order valence-corrected chi connectivity index (χ4v) is 5.30. The topological polar surface area (TPSA) is 80.6 Å². The summed E-state index contributed by atoms with van der Waals surface area (Å²) in [5.41, 5.74) is 5.71. The molecule has 2 aromatic heterocycles. The summed E-state index contributed by atoms with van der Waals surface area (Å²) in [7, 11) is 0.897. The first-order chi connectivity index (χ1) is 18.3. The standard InChI is InChI=1S/C29H29N5O3S/c1-21-14-26(18-27(15-21)37-4)33(20-29-30-12-13-34(29)38(35,36)32(2)3)25-10-11-28-23(17-25)16-24(19-31-28)22-8-6-5-7-9-22/h5-19H,20H2,1-4H3. The highest BCUT2D eigenvalue weighted by Crippen LogP contribution is 2.34. The number of benzene rings is 3. The summed E-state index contributed by atoms with van der Waals surface area (Å²) in [6, 6.07) is 24.2. The van der Waals surface area contributed by atoms with Crippen molar-refractivity contribution in [2.45, 2.75) is 13.5 Å². The van der Waals surface area contributed by atoms with E-state index in [0.29, 0.717) is 11.6 Å². The summed E-state index contributed by atoms with van der Waals surface area (Å²) in [6.07, 6.45) is 4.85. The van der Waals surface area contributed by atoms with Crippen LogP contribution in [0.3, 0.4) is 0 Å². The molecule has 2 heterocycles. The maximum absolute atomic E-state index is 13.0. The molecule has 5 aromatic rings. The van der Waals surface area contributed by atoms with Gasteiger partial charge in [-0.15, -0.1) is 0 Å². The molecule has 0 saturated heterocycles. The Morgan fingerprint density at radius 2 is 1.68 bits per heavy atom.